The van der Waals surface area contributed by atoms with Crippen LogP contribution in [-0.2, 0) is 0 Å². The highest BCUT2D eigenvalue weighted by molar-refractivity contribution is 6.84. The molecule has 0 unspecified atom stereocenters. The van der Waals surface area contributed by atoms with Crippen molar-refractivity contribution in [3.63, 3.8) is 0 Å². The fourth-order valence-electron chi connectivity index (χ4n) is 2.65. The van der Waals surface area contributed by atoms with Gasteiger partial charge in [-0.2, -0.15) is 5.26 Å². The molecule has 114 valence electrons. The summed E-state index contributed by atoms with van der Waals surface area (Å²) in [5, 5.41) is 14.0. The van der Waals surface area contributed by atoms with E-state index in [2.05, 4.69) is 37.1 Å². The fourth-order valence-corrected chi connectivity index (χ4v) is 3.92. The third-order valence-electron chi connectivity index (χ3n) is 3.79. The van der Waals surface area contributed by atoms with Crippen molar-refractivity contribution in [1.29, 1.82) is 5.26 Å². The maximum Gasteiger partial charge on any atom is 0.0970 e. The van der Waals surface area contributed by atoms with Crippen molar-refractivity contribution in [2.45, 2.75) is 19.6 Å². The molecule has 2 aromatic carbocycles. The standard InChI is InChI=1S/C19H19N3Si/c1-23(2,3)17(13-20)19-18(21-14-9-5-4-6-10-14)15-11-7-8-12-16(15)22-19/h4-12,22H,1-3H3/b19-17-,21-18?. The number of nitriles is 1. The number of aliphatic imine (C=N–C) groups is 1. The van der Waals surface area contributed by atoms with Crippen LogP contribution < -0.4 is 5.32 Å². The summed E-state index contributed by atoms with van der Waals surface area (Å²) in [7, 11) is -1.77. The molecule has 3 rings (SSSR count). The number of allylic oxidation sites excluding steroid dienone is 2. The van der Waals surface area contributed by atoms with Crippen molar-refractivity contribution in [2.24, 2.45) is 4.99 Å². The molecule has 0 saturated carbocycles. The lowest BCUT2D eigenvalue weighted by molar-refractivity contribution is 1.45. The molecule has 0 fully saturated rings. The largest absolute Gasteiger partial charge is 0.353 e. The van der Waals surface area contributed by atoms with Crippen LogP contribution >= 0.6 is 0 Å². The smallest absolute Gasteiger partial charge is 0.0970 e. The maximum atomic E-state index is 9.72. The van der Waals surface area contributed by atoms with Gasteiger partial charge >= 0.3 is 0 Å². The topological polar surface area (TPSA) is 48.2 Å². The number of para-hydroxylation sites is 2. The SMILES string of the molecule is C[Si](C)(C)/C(C#N)=C1\Nc2ccccc2C1=Nc1ccccc1. The molecule has 3 nitrogen and oxygen atoms in total. The van der Waals surface area contributed by atoms with Gasteiger partial charge in [0.15, 0.2) is 0 Å². The number of rotatable bonds is 2. The molecule has 4 heteroatoms. The molecule has 1 heterocycles. The normalized spacial score (nSPS) is 17.4. The average molecular weight is 317 g/mol. The zero-order valence-electron chi connectivity index (χ0n) is 13.6. The van der Waals surface area contributed by atoms with Gasteiger partial charge in [0, 0.05) is 16.4 Å². The summed E-state index contributed by atoms with van der Waals surface area (Å²) in [6.45, 7) is 6.55. The highest BCUT2D eigenvalue weighted by atomic mass is 28.3. The summed E-state index contributed by atoms with van der Waals surface area (Å²) in [5.41, 5.74) is 4.70. The van der Waals surface area contributed by atoms with Gasteiger partial charge in [0.05, 0.1) is 31.2 Å². The second kappa shape index (κ2) is 5.86. The molecule has 1 N–H and O–H groups in total. The van der Waals surface area contributed by atoms with Crippen LogP contribution in [0.25, 0.3) is 0 Å². The Labute approximate surface area is 138 Å². The van der Waals surface area contributed by atoms with Gasteiger partial charge in [0.25, 0.3) is 0 Å². The number of anilines is 1. The van der Waals surface area contributed by atoms with Gasteiger partial charge in [-0.15, -0.1) is 0 Å². The Balaban J connectivity index is 2.24. The summed E-state index contributed by atoms with van der Waals surface area (Å²) >= 11 is 0. The lowest BCUT2D eigenvalue weighted by atomic mass is 10.1. The second-order valence-corrected chi connectivity index (χ2v) is 11.6. The van der Waals surface area contributed by atoms with Crippen LogP contribution in [0, 0.1) is 11.3 Å². The first-order valence-corrected chi connectivity index (χ1v) is 11.2. The van der Waals surface area contributed by atoms with Crippen LogP contribution in [0.2, 0.25) is 19.6 Å². The van der Waals surface area contributed by atoms with Gasteiger partial charge in [-0.05, 0) is 18.2 Å². The predicted molar refractivity (Wildman–Crippen MR) is 98.7 cm³/mol. The average Bonchev–Trinajstić information content (AvgIpc) is 2.86. The van der Waals surface area contributed by atoms with Crippen molar-refractivity contribution in [1.82, 2.24) is 0 Å². The molecular weight excluding hydrogens is 298 g/mol. The third kappa shape index (κ3) is 2.96. The molecule has 0 amide bonds. The van der Waals surface area contributed by atoms with E-state index in [-0.39, 0.29) is 0 Å². The van der Waals surface area contributed by atoms with E-state index in [0.29, 0.717) is 0 Å². The molecule has 0 aliphatic carbocycles. The number of benzene rings is 2. The summed E-state index contributed by atoms with van der Waals surface area (Å²) in [5.74, 6) is 0. The third-order valence-corrected chi connectivity index (χ3v) is 5.65. The Morgan fingerprint density at radius 3 is 2.30 bits per heavy atom. The minimum atomic E-state index is -1.77. The first kappa shape index (κ1) is 15.3. The molecule has 23 heavy (non-hydrogen) atoms. The Bertz CT molecular complexity index is 837. The molecule has 0 spiro atoms. The van der Waals surface area contributed by atoms with E-state index in [1.54, 1.807) is 0 Å². The van der Waals surface area contributed by atoms with Crippen molar-refractivity contribution >= 4 is 25.2 Å². The van der Waals surface area contributed by atoms with Crippen molar-refractivity contribution in [2.75, 3.05) is 5.32 Å². The molecular formula is C19H19N3Si. The van der Waals surface area contributed by atoms with E-state index in [4.69, 9.17) is 4.99 Å². The second-order valence-electron chi connectivity index (χ2n) is 6.58. The number of nitrogens with one attached hydrogen (secondary N) is 1. The summed E-state index contributed by atoms with van der Waals surface area (Å²) < 4.78 is 0. The first-order valence-electron chi connectivity index (χ1n) is 7.66. The van der Waals surface area contributed by atoms with Gasteiger partial charge in [0.2, 0.25) is 0 Å². The Morgan fingerprint density at radius 1 is 1.00 bits per heavy atom. The van der Waals surface area contributed by atoms with E-state index in [0.717, 1.165) is 33.5 Å². The van der Waals surface area contributed by atoms with Crippen LogP contribution in [0.3, 0.4) is 0 Å². The van der Waals surface area contributed by atoms with E-state index < -0.39 is 8.07 Å². The minimum Gasteiger partial charge on any atom is -0.353 e. The molecule has 1 aliphatic heterocycles. The maximum absolute atomic E-state index is 9.72. The molecule has 2 aromatic rings. The Morgan fingerprint density at radius 2 is 1.65 bits per heavy atom. The molecule has 0 saturated heterocycles. The Kier molecular flexibility index (Phi) is 3.89. The molecule has 0 radical (unpaired) electrons. The summed E-state index contributed by atoms with van der Waals surface area (Å²) in [4.78, 5) is 4.83. The van der Waals surface area contributed by atoms with Crippen LogP contribution in [0.1, 0.15) is 5.56 Å². The lowest BCUT2D eigenvalue weighted by Gasteiger charge is -2.17. The zero-order chi connectivity index (χ0) is 16.4. The Hall–Kier alpha value is -2.64. The quantitative estimate of drug-likeness (QED) is 0.633. The highest BCUT2D eigenvalue weighted by Crippen LogP contribution is 2.33. The van der Waals surface area contributed by atoms with Crippen molar-refractivity contribution in [3.8, 4) is 6.07 Å². The van der Waals surface area contributed by atoms with Gasteiger partial charge in [-0.3, -0.25) is 0 Å². The lowest BCUT2D eigenvalue weighted by Crippen LogP contribution is -2.27. The van der Waals surface area contributed by atoms with Gasteiger partial charge in [-0.1, -0.05) is 56.0 Å². The molecule has 0 aromatic heterocycles. The van der Waals surface area contributed by atoms with Crippen LogP contribution in [-0.4, -0.2) is 13.8 Å². The number of hydrogen-bond acceptors (Lipinski definition) is 3. The van der Waals surface area contributed by atoms with Gasteiger partial charge in [-0.25, -0.2) is 4.99 Å². The minimum absolute atomic E-state index is 0.850. The molecule has 0 bridgehead atoms. The fraction of sp³-hybridized carbons (Fsp3) is 0.158. The van der Waals surface area contributed by atoms with Crippen LogP contribution in [0.5, 0.6) is 0 Å². The van der Waals surface area contributed by atoms with Crippen LogP contribution in [0.15, 0.2) is 70.5 Å². The van der Waals surface area contributed by atoms with Gasteiger partial charge < -0.3 is 5.32 Å². The van der Waals surface area contributed by atoms with Crippen molar-refractivity contribution in [3.05, 3.63) is 71.1 Å². The van der Waals surface area contributed by atoms with Crippen molar-refractivity contribution < 1.29 is 0 Å². The molecule has 1 aliphatic rings. The highest BCUT2D eigenvalue weighted by Gasteiger charge is 2.31. The zero-order valence-corrected chi connectivity index (χ0v) is 14.6. The van der Waals surface area contributed by atoms with E-state index in [1.807, 2.05) is 48.5 Å². The predicted octanol–water partition coefficient (Wildman–Crippen LogP) is 4.89. The van der Waals surface area contributed by atoms with E-state index in [9.17, 15) is 5.26 Å². The monoisotopic (exact) mass is 317 g/mol. The number of fused-ring (bicyclic) bond motifs is 1. The summed E-state index contributed by atoms with van der Waals surface area (Å²) in [6, 6.07) is 20.4. The van der Waals surface area contributed by atoms with E-state index >= 15 is 0 Å². The van der Waals surface area contributed by atoms with Gasteiger partial charge in [0.1, 0.15) is 0 Å². The van der Waals surface area contributed by atoms with E-state index in [1.165, 1.54) is 0 Å². The number of hydrogen-bond donors (Lipinski definition) is 1. The first-order chi connectivity index (χ1) is 11.0. The number of nitrogens with zero attached hydrogens (tertiary/aromatic N) is 2. The molecule has 0 atom stereocenters. The summed E-state index contributed by atoms with van der Waals surface area (Å²) in [6.07, 6.45) is 0. The van der Waals surface area contributed by atoms with Crippen LogP contribution in [0.4, 0.5) is 11.4 Å².